The Labute approximate surface area is 145 Å². The number of benzene rings is 2. The van der Waals surface area contributed by atoms with Crippen LogP contribution >= 0.6 is 15.9 Å². The summed E-state index contributed by atoms with van der Waals surface area (Å²) in [6.07, 6.45) is 2.43. The molecule has 1 aliphatic heterocycles. The number of aliphatic hydroxyl groups excluding tert-OH is 1. The molecule has 0 bridgehead atoms. The number of hydrogen-bond donors (Lipinski definition) is 2. The van der Waals surface area contributed by atoms with Crippen LogP contribution in [-0.2, 0) is 6.42 Å². The number of hydrogen-bond acceptors (Lipinski definition) is 3. The van der Waals surface area contributed by atoms with Gasteiger partial charge in [-0.1, -0.05) is 46.3 Å². The van der Waals surface area contributed by atoms with Crippen molar-refractivity contribution in [1.82, 2.24) is 5.32 Å². The molecule has 4 heteroatoms. The second-order valence-electron chi connectivity index (χ2n) is 5.75. The second-order valence-corrected chi connectivity index (χ2v) is 6.66. The van der Waals surface area contributed by atoms with Crippen LogP contribution in [0.15, 0.2) is 58.6 Å². The highest BCUT2D eigenvalue weighted by Gasteiger charge is 2.12. The number of aliphatic hydroxyl groups is 1. The number of nitrogens with one attached hydrogen (secondary N) is 1. The van der Waals surface area contributed by atoms with Crippen molar-refractivity contribution in [1.29, 1.82) is 0 Å². The SMILES string of the molecule is OC(CNCC1=Cc2cc(Br)ccc2OC1)Cc1ccccc1. The minimum absolute atomic E-state index is 0.385. The zero-order valence-corrected chi connectivity index (χ0v) is 14.4. The van der Waals surface area contributed by atoms with Gasteiger partial charge in [-0.25, -0.2) is 0 Å². The third kappa shape index (κ3) is 4.67. The third-order valence-electron chi connectivity index (χ3n) is 3.79. The van der Waals surface area contributed by atoms with Gasteiger partial charge in [-0.05, 0) is 41.8 Å². The maximum absolute atomic E-state index is 10.1. The molecule has 23 heavy (non-hydrogen) atoms. The normalized spacial score (nSPS) is 14.6. The van der Waals surface area contributed by atoms with Crippen LogP contribution in [0.5, 0.6) is 5.75 Å². The lowest BCUT2D eigenvalue weighted by molar-refractivity contribution is 0.172. The van der Waals surface area contributed by atoms with Crippen molar-refractivity contribution in [3.63, 3.8) is 0 Å². The van der Waals surface area contributed by atoms with Gasteiger partial charge in [0.1, 0.15) is 12.4 Å². The van der Waals surface area contributed by atoms with Crippen molar-refractivity contribution in [2.75, 3.05) is 19.7 Å². The summed E-state index contributed by atoms with van der Waals surface area (Å²) in [6, 6.07) is 16.1. The highest BCUT2D eigenvalue weighted by molar-refractivity contribution is 9.10. The number of halogens is 1. The number of rotatable bonds is 6. The van der Waals surface area contributed by atoms with Crippen molar-refractivity contribution in [2.24, 2.45) is 0 Å². The minimum atomic E-state index is -0.385. The quantitative estimate of drug-likeness (QED) is 0.814. The number of ether oxygens (including phenoxy) is 1. The molecule has 0 fully saturated rings. The molecule has 0 radical (unpaired) electrons. The Bertz CT molecular complexity index is 685. The molecule has 0 aromatic heterocycles. The smallest absolute Gasteiger partial charge is 0.127 e. The fraction of sp³-hybridized carbons (Fsp3) is 0.263. The van der Waals surface area contributed by atoms with Gasteiger partial charge in [0, 0.05) is 23.1 Å². The lowest BCUT2D eigenvalue weighted by Crippen LogP contribution is -2.31. The van der Waals surface area contributed by atoms with Crippen molar-refractivity contribution < 1.29 is 9.84 Å². The molecule has 1 unspecified atom stereocenters. The molecule has 1 atom stereocenters. The summed E-state index contributed by atoms with van der Waals surface area (Å²) >= 11 is 3.48. The van der Waals surface area contributed by atoms with E-state index in [4.69, 9.17) is 4.74 Å². The molecular formula is C19H20BrNO2. The summed E-state index contributed by atoms with van der Waals surface area (Å²) in [7, 11) is 0. The lowest BCUT2D eigenvalue weighted by Gasteiger charge is -2.19. The van der Waals surface area contributed by atoms with E-state index in [1.807, 2.05) is 42.5 Å². The molecule has 3 rings (SSSR count). The first-order chi connectivity index (χ1) is 11.2. The lowest BCUT2D eigenvalue weighted by atomic mass is 10.1. The van der Waals surface area contributed by atoms with Gasteiger partial charge < -0.3 is 15.2 Å². The van der Waals surface area contributed by atoms with Gasteiger partial charge in [0.15, 0.2) is 0 Å². The van der Waals surface area contributed by atoms with Gasteiger partial charge in [0.05, 0.1) is 6.10 Å². The molecule has 0 saturated carbocycles. The summed E-state index contributed by atoms with van der Waals surface area (Å²) in [5.74, 6) is 0.918. The molecule has 1 heterocycles. The van der Waals surface area contributed by atoms with E-state index in [2.05, 4.69) is 33.4 Å². The fourth-order valence-corrected chi connectivity index (χ4v) is 3.03. The highest BCUT2D eigenvalue weighted by atomic mass is 79.9. The van der Waals surface area contributed by atoms with Gasteiger partial charge in [0.25, 0.3) is 0 Å². The third-order valence-corrected chi connectivity index (χ3v) is 4.28. The Kier molecular flexibility index (Phi) is 5.49. The molecule has 2 aromatic rings. The molecule has 0 amide bonds. The monoisotopic (exact) mass is 373 g/mol. The first kappa shape index (κ1) is 16.2. The van der Waals surface area contributed by atoms with Crippen LogP contribution in [0.1, 0.15) is 11.1 Å². The van der Waals surface area contributed by atoms with E-state index in [-0.39, 0.29) is 6.10 Å². The molecule has 2 N–H and O–H groups in total. The van der Waals surface area contributed by atoms with Crippen molar-refractivity contribution in [3.05, 3.63) is 69.7 Å². The molecule has 0 saturated heterocycles. The fourth-order valence-electron chi connectivity index (χ4n) is 2.66. The average molecular weight is 374 g/mol. The maximum atomic E-state index is 10.1. The molecule has 2 aromatic carbocycles. The average Bonchev–Trinajstić information content (AvgIpc) is 2.55. The Morgan fingerprint density at radius 3 is 2.83 bits per heavy atom. The standard InChI is InChI=1S/C19H20BrNO2/c20-17-6-7-19-16(10-17)8-15(13-23-19)11-21-12-18(22)9-14-4-2-1-3-5-14/h1-8,10,18,21-22H,9,11-13H2. The molecule has 0 spiro atoms. The zero-order chi connectivity index (χ0) is 16.1. The van der Waals surface area contributed by atoms with E-state index in [0.29, 0.717) is 19.6 Å². The summed E-state index contributed by atoms with van der Waals surface area (Å²) in [6.45, 7) is 1.88. The van der Waals surface area contributed by atoms with E-state index >= 15 is 0 Å². The van der Waals surface area contributed by atoms with Gasteiger partial charge in [-0.3, -0.25) is 0 Å². The van der Waals surface area contributed by atoms with E-state index < -0.39 is 0 Å². The Hall–Kier alpha value is -1.62. The second kappa shape index (κ2) is 7.77. The molecule has 120 valence electrons. The van der Waals surface area contributed by atoms with Crippen LogP contribution in [0.2, 0.25) is 0 Å². The molecule has 1 aliphatic rings. The Balaban J connectivity index is 1.49. The van der Waals surface area contributed by atoms with E-state index in [1.54, 1.807) is 0 Å². The summed E-state index contributed by atoms with van der Waals surface area (Å²) in [5.41, 5.74) is 3.43. The molecule has 3 nitrogen and oxygen atoms in total. The first-order valence-corrected chi connectivity index (χ1v) is 8.54. The van der Waals surface area contributed by atoms with Crippen LogP contribution in [-0.4, -0.2) is 30.9 Å². The van der Waals surface area contributed by atoms with E-state index in [0.717, 1.165) is 27.9 Å². The topological polar surface area (TPSA) is 41.5 Å². The van der Waals surface area contributed by atoms with Gasteiger partial charge >= 0.3 is 0 Å². The Morgan fingerprint density at radius 2 is 2.00 bits per heavy atom. The van der Waals surface area contributed by atoms with Gasteiger partial charge in [-0.2, -0.15) is 0 Å². The maximum Gasteiger partial charge on any atom is 0.127 e. The van der Waals surface area contributed by atoms with E-state index in [9.17, 15) is 5.11 Å². The van der Waals surface area contributed by atoms with Crippen LogP contribution in [0.25, 0.3) is 6.08 Å². The summed E-state index contributed by atoms with van der Waals surface area (Å²) in [4.78, 5) is 0. The van der Waals surface area contributed by atoms with Crippen LogP contribution in [0.3, 0.4) is 0 Å². The predicted molar refractivity (Wildman–Crippen MR) is 96.6 cm³/mol. The predicted octanol–water partition coefficient (Wildman–Crippen LogP) is 3.42. The van der Waals surface area contributed by atoms with Crippen molar-refractivity contribution in [3.8, 4) is 5.75 Å². The minimum Gasteiger partial charge on any atom is -0.489 e. The zero-order valence-electron chi connectivity index (χ0n) is 12.8. The van der Waals surface area contributed by atoms with Crippen LogP contribution in [0.4, 0.5) is 0 Å². The van der Waals surface area contributed by atoms with Gasteiger partial charge in [-0.15, -0.1) is 0 Å². The molecular weight excluding hydrogens is 354 g/mol. The van der Waals surface area contributed by atoms with Crippen molar-refractivity contribution in [2.45, 2.75) is 12.5 Å². The number of fused-ring (bicyclic) bond motifs is 1. The van der Waals surface area contributed by atoms with E-state index in [1.165, 1.54) is 5.57 Å². The first-order valence-electron chi connectivity index (χ1n) is 7.75. The Morgan fingerprint density at radius 1 is 1.17 bits per heavy atom. The van der Waals surface area contributed by atoms with Gasteiger partial charge in [0.2, 0.25) is 0 Å². The largest absolute Gasteiger partial charge is 0.489 e. The van der Waals surface area contributed by atoms with Crippen LogP contribution in [0, 0.1) is 0 Å². The highest BCUT2D eigenvalue weighted by Crippen LogP contribution is 2.28. The van der Waals surface area contributed by atoms with Crippen LogP contribution < -0.4 is 10.1 Å². The van der Waals surface area contributed by atoms with Crippen molar-refractivity contribution >= 4 is 22.0 Å². The summed E-state index contributed by atoms with van der Waals surface area (Å²) in [5, 5.41) is 13.4. The molecule has 0 aliphatic carbocycles. The summed E-state index contributed by atoms with van der Waals surface area (Å²) < 4.78 is 6.80.